The standard InChI is InChI=1S/2C5H8O2.Mg/c2*1-4(6)3-5(2)7;/h2*3,6H,1-2H3;/q;;+2/p-2/b2*4-3-;. The minimum Gasteiger partial charge on any atom is -0.876 e. The van der Waals surface area contributed by atoms with E-state index in [1.165, 1.54) is 27.7 Å². The predicted molar refractivity (Wildman–Crippen MR) is 54.6 cm³/mol. The van der Waals surface area contributed by atoms with Crippen LogP contribution in [-0.4, -0.2) is 34.6 Å². The van der Waals surface area contributed by atoms with Gasteiger partial charge in [0.15, 0.2) is 11.6 Å². The van der Waals surface area contributed by atoms with Gasteiger partial charge in [0.2, 0.25) is 0 Å². The van der Waals surface area contributed by atoms with Crippen LogP contribution in [0.3, 0.4) is 0 Å². The van der Waals surface area contributed by atoms with E-state index in [1.54, 1.807) is 0 Å². The van der Waals surface area contributed by atoms with E-state index in [9.17, 15) is 19.8 Å². The van der Waals surface area contributed by atoms with Crippen molar-refractivity contribution in [3.05, 3.63) is 23.7 Å². The minimum absolute atomic E-state index is 0. The Bertz CT molecular complexity index is 231. The van der Waals surface area contributed by atoms with Crippen molar-refractivity contribution >= 4 is 34.6 Å². The molecule has 80 valence electrons. The summed E-state index contributed by atoms with van der Waals surface area (Å²) in [7, 11) is 0. The molecule has 0 unspecified atom stereocenters. The predicted octanol–water partition coefficient (Wildman–Crippen LogP) is -0.702. The Labute approximate surface area is 106 Å². The largest absolute Gasteiger partial charge is 2.00 e. The second kappa shape index (κ2) is 11.3. The molecule has 0 saturated heterocycles. The molecule has 0 aromatic carbocycles. The van der Waals surface area contributed by atoms with Gasteiger partial charge in [0.05, 0.1) is 0 Å². The van der Waals surface area contributed by atoms with Crippen molar-refractivity contribution in [3.8, 4) is 0 Å². The zero-order chi connectivity index (χ0) is 11.7. The third-order valence-corrected chi connectivity index (χ3v) is 0.813. The SMILES string of the molecule is CC(=O)/C=C(/C)[O-].CC(=O)/C=C(/C)[O-].[Mg+2]. The molecule has 0 spiro atoms. The van der Waals surface area contributed by atoms with Gasteiger partial charge in [-0.15, -0.1) is 11.5 Å². The third kappa shape index (κ3) is 32.0. The maximum atomic E-state index is 9.98. The van der Waals surface area contributed by atoms with Gasteiger partial charge in [-0.2, -0.15) is 0 Å². The van der Waals surface area contributed by atoms with Gasteiger partial charge in [-0.3, -0.25) is 9.59 Å². The molecule has 0 aliphatic rings. The summed E-state index contributed by atoms with van der Waals surface area (Å²) in [5.41, 5.74) is 0. The van der Waals surface area contributed by atoms with E-state index < -0.39 is 0 Å². The number of carbonyl (C=O) groups is 2. The first-order chi connectivity index (χ1) is 6.25. The van der Waals surface area contributed by atoms with Crippen molar-refractivity contribution in [3.63, 3.8) is 0 Å². The summed E-state index contributed by atoms with van der Waals surface area (Å²) in [6, 6.07) is 0. The molecule has 0 bridgehead atoms. The average Bonchev–Trinajstić information content (AvgIpc) is 1.79. The van der Waals surface area contributed by atoms with Crippen molar-refractivity contribution in [2.45, 2.75) is 27.7 Å². The monoisotopic (exact) mass is 222 g/mol. The molecule has 0 atom stereocenters. The summed E-state index contributed by atoms with van der Waals surface area (Å²) in [5, 5.41) is 20.0. The first kappa shape index (κ1) is 19.7. The molecule has 0 saturated carbocycles. The molecule has 0 rings (SSSR count). The Kier molecular flexibility index (Phi) is 14.8. The van der Waals surface area contributed by atoms with E-state index in [4.69, 9.17) is 0 Å². The molecule has 4 nitrogen and oxygen atoms in total. The molecular weight excluding hydrogens is 208 g/mol. The van der Waals surface area contributed by atoms with Gasteiger partial charge in [-0.1, -0.05) is 13.8 Å². The number of hydrogen-bond acceptors (Lipinski definition) is 4. The van der Waals surface area contributed by atoms with Gasteiger partial charge in [0.25, 0.3) is 0 Å². The number of rotatable bonds is 2. The summed E-state index contributed by atoms with van der Waals surface area (Å²) in [4.78, 5) is 20.0. The van der Waals surface area contributed by atoms with Crippen LogP contribution < -0.4 is 10.2 Å². The van der Waals surface area contributed by atoms with Crippen LogP contribution in [0.25, 0.3) is 0 Å². The van der Waals surface area contributed by atoms with E-state index in [0.29, 0.717) is 0 Å². The van der Waals surface area contributed by atoms with Crippen molar-refractivity contribution in [2.24, 2.45) is 0 Å². The normalized spacial score (nSPS) is 10.7. The number of hydrogen-bond donors (Lipinski definition) is 0. The smallest absolute Gasteiger partial charge is 0.876 e. The molecule has 0 fully saturated rings. The van der Waals surface area contributed by atoms with Gasteiger partial charge >= 0.3 is 23.1 Å². The minimum atomic E-state index is -0.187. The number of carbonyl (C=O) groups excluding carboxylic acids is 2. The van der Waals surface area contributed by atoms with Crippen molar-refractivity contribution in [2.75, 3.05) is 0 Å². The van der Waals surface area contributed by atoms with Crippen molar-refractivity contribution < 1.29 is 19.8 Å². The maximum absolute atomic E-state index is 9.98. The Morgan fingerprint density at radius 3 is 1.00 bits per heavy atom. The van der Waals surface area contributed by atoms with Crippen LogP contribution >= 0.6 is 0 Å². The van der Waals surface area contributed by atoms with Crippen LogP contribution in [0.2, 0.25) is 0 Å². The number of ketones is 2. The van der Waals surface area contributed by atoms with Gasteiger partial charge in [-0.05, 0) is 26.0 Å². The summed E-state index contributed by atoms with van der Waals surface area (Å²) in [6.07, 6.45) is 2.11. The molecular formula is C10H14MgO4. The van der Waals surface area contributed by atoms with Crippen LogP contribution in [0.15, 0.2) is 23.7 Å². The Morgan fingerprint density at radius 2 is 1.00 bits per heavy atom. The molecule has 0 amide bonds. The van der Waals surface area contributed by atoms with Crippen LogP contribution in [0, 0.1) is 0 Å². The molecule has 0 aromatic heterocycles. The van der Waals surface area contributed by atoms with Crippen LogP contribution in [0.5, 0.6) is 0 Å². The molecule has 0 radical (unpaired) electrons. The Balaban J connectivity index is -0.000000180. The fourth-order valence-electron chi connectivity index (χ4n) is 0.572. The van der Waals surface area contributed by atoms with Gasteiger partial charge in [-0.25, -0.2) is 0 Å². The topological polar surface area (TPSA) is 80.3 Å². The quantitative estimate of drug-likeness (QED) is 0.351. The second-order valence-electron chi connectivity index (χ2n) is 2.73. The van der Waals surface area contributed by atoms with E-state index in [0.717, 1.165) is 12.2 Å². The second-order valence-corrected chi connectivity index (χ2v) is 2.73. The molecule has 5 heteroatoms. The van der Waals surface area contributed by atoms with Crippen LogP contribution in [0.4, 0.5) is 0 Å². The zero-order valence-corrected chi connectivity index (χ0v) is 10.9. The Hall–Kier alpha value is -0.814. The van der Waals surface area contributed by atoms with E-state index in [1.807, 2.05) is 0 Å². The maximum Gasteiger partial charge on any atom is 2.00 e. The molecule has 0 N–H and O–H groups in total. The van der Waals surface area contributed by atoms with Gasteiger partial charge in [0.1, 0.15) is 0 Å². The van der Waals surface area contributed by atoms with Crippen molar-refractivity contribution in [1.29, 1.82) is 0 Å². The first-order valence-corrected chi connectivity index (χ1v) is 3.97. The van der Waals surface area contributed by atoms with E-state index >= 15 is 0 Å². The van der Waals surface area contributed by atoms with E-state index in [2.05, 4.69) is 0 Å². The zero-order valence-electron chi connectivity index (χ0n) is 9.49. The summed E-state index contributed by atoms with van der Waals surface area (Å²) in [6.45, 7) is 5.39. The molecule has 15 heavy (non-hydrogen) atoms. The molecule has 0 aliphatic carbocycles. The Morgan fingerprint density at radius 1 is 0.800 bits per heavy atom. The van der Waals surface area contributed by atoms with Gasteiger partial charge < -0.3 is 10.2 Å². The summed E-state index contributed by atoms with van der Waals surface area (Å²) >= 11 is 0. The van der Waals surface area contributed by atoms with Crippen LogP contribution in [0.1, 0.15) is 27.7 Å². The summed E-state index contributed by atoms with van der Waals surface area (Å²) < 4.78 is 0. The third-order valence-electron chi connectivity index (χ3n) is 0.813. The molecule has 0 aliphatic heterocycles. The number of allylic oxidation sites excluding steroid dienone is 4. The van der Waals surface area contributed by atoms with E-state index in [-0.39, 0.29) is 46.1 Å². The fraction of sp³-hybridized carbons (Fsp3) is 0.400. The average molecular weight is 223 g/mol. The fourth-order valence-corrected chi connectivity index (χ4v) is 0.572. The van der Waals surface area contributed by atoms with Crippen molar-refractivity contribution in [1.82, 2.24) is 0 Å². The molecule has 0 aromatic rings. The van der Waals surface area contributed by atoms with Gasteiger partial charge in [0, 0.05) is 0 Å². The van der Waals surface area contributed by atoms with Crippen LogP contribution in [-0.2, 0) is 9.59 Å². The molecule has 0 heterocycles. The first-order valence-electron chi connectivity index (χ1n) is 3.97. The summed E-state index contributed by atoms with van der Waals surface area (Å²) in [5.74, 6) is -0.750.